The third kappa shape index (κ3) is 2.50. The lowest BCUT2D eigenvalue weighted by molar-refractivity contribution is -0.115. The summed E-state index contributed by atoms with van der Waals surface area (Å²) in [5.41, 5.74) is 4.44. The summed E-state index contributed by atoms with van der Waals surface area (Å²) < 4.78 is 1.78. The summed E-state index contributed by atoms with van der Waals surface area (Å²) in [5, 5.41) is 14.9. The lowest BCUT2D eigenvalue weighted by atomic mass is 10.1. The predicted octanol–water partition coefficient (Wildman–Crippen LogP) is 1.07. The SMILES string of the molecule is Cc1nn(C)c(C)c1CC(=O)Nc1nncs1. The smallest absolute Gasteiger partial charge is 0.230 e. The van der Waals surface area contributed by atoms with Crippen molar-refractivity contribution < 1.29 is 4.79 Å². The zero-order valence-corrected chi connectivity index (χ0v) is 10.7. The van der Waals surface area contributed by atoms with Crippen molar-refractivity contribution >= 4 is 22.4 Å². The maximum Gasteiger partial charge on any atom is 0.230 e. The average molecular weight is 251 g/mol. The molecule has 0 saturated carbocycles. The molecule has 0 fully saturated rings. The van der Waals surface area contributed by atoms with Crippen molar-refractivity contribution in [1.29, 1.82) is 0 Å². The van der Waals surface area contributed by atoms with Crippen LogP contribution in [0.3, 0.4) is 0 Å². The molecule has 6 nitrogen and oxygen atoms in total. The summed E-state index contributed by atoms with van der Waals surface area (Å²) in [4.78, 5) is 11.8. The fraction of sp³-hybridized carbons (Fsp3) is 0.400. The van der Waals surface area contributed by atoms with Gasteiger partial charge in [-0.1, -0.05) is 11.3 Å². The van der Waals surface area contributed by atoms with Gasteiger partial charge in [-0.15, -0.1) is 10.2 Å². The van der Waals surface area contributed by atoms with Crippen molar-refractivity contribution in [3.05, 3.63) is 22.5 Å². The molecule has 0 aliphatic rings. The van der Waals surface area contributed by atoms with Crippen molar-refractivity contribution in [2.45, 2.75) is 20.3 Å². The van der Waals surface area contributed by atoms with E-state index in [1.54, 1.807) is 10.2 Å². The Morgan fingerprint density at radius 1 is 1.53 bits per heavy atom. The van der Waals surface area contributed by atoms with Crippen molar-refractivity contribution in [2.24, 2.45) is 7.05 Å². The van der Waals surface area contributed by atoms with Gasteiger partial charge in [0.1, 0.15) is 5.51 Å². The van der Waals surface area contributed by atoms with E-state index in [2.05, 4.69) is 20.6 Å². The molecular weight excluding hydrogens is 238 g/mol. The van der Waals surface area contributed by atoms with Gasteiger partial charge in [-0.25, -0.2) is 0 Å². The Kier molecular flexibility index (Phi) is 3.19. The Balaban J connectivity index is 2.08. The molecule has 2 aromatic rings. The molecule has 0 radical (unpaired) electrons. The predicted molar refractivity (Wildman–Crippen MR) is 64.9 cm³/mol. The van der Waals surface area contributed by atoms with E-state index in [9.17, 15) is 4.79 Å². The zero-order valence-electron chi connectivity index (χ0n) is 9.89. The summed E-state index contributed by atoms with van der Waals surface area (Å²) >= 11 is 1.30. The number of amides is 1. The molecule has 7 heteroatoms. The molecule has 2 rings (SSSR count). The molecule has 0 aromatic carbocycles. The molecule has 0 spiro atoms. The van der Waals surface area contributed by atoms with E-state index in [0.29, 0.717) is 11.6 Å². The van der Waals surface area contributed by atoms with Gasteiger partial charge in [-0.3, -0.25) is 9.48 Å². The number of carbonyl (C=O) groups excluding carboxylic acids is 1. The third-order valence-electron chi connectivity index (χ3n) is 2.60. The van der Waals surface area contributed by atoms with Crippen molar-refractivity contribution in [1.82, 2.24) is 20.0 Å². The van der Waals surface area contributed by atoms with Crippen molar-refractivity contribution in [2.75, 3.05) is 5.32 Å². The molecule has 0 aliphatic carbocycles. The molecule has 17 heavy (non-hydrogen) atoms. The normalized spacial score (nSPS) is 10.5. The van der Waals surface area contributed by atoms with Crippen LogP contribution in [0.15, 0.2) is 5.51 Å². The lowest BCUT2D eigenvalue weighted by Gasteiger charge is -2.02. The van der Waals surface area contributed by atoms with Gasteiger partial charge in [0, 0.05) is 18.3 Å². The van der Waals surface area contributed by atoms with Crippen LogP contribution in [0.2, 0.25) is 0 Å². The van der Waals surface area contributed by atoms with E-state index in [0.717, 1.165) is 17.0 Å². The Bertz CT molecular complexity index is 531. The Morgan fingerprint density at radius 3 is 2.82 bits per heavy atom. The van der Waals surface area contributed by atoms with Crippen LogP contribution in [-0.2, 0) is 18.3 Å². The molecule has 0 atom stereocenters. The van der Waals surface area contributed by atoms with Gasteiger partial charge >= 0.3 is 0 Å². The third-order valence-corrected chi connectivity index (χ3v) is 3.21. The highest BCUT2D eigenvalue weighted by molar-refractivity contribution is 7.13. The highest BCUT2D eigenvalue weighted by Crippen LogP contribution is 2.14. The summed E-state index contributed by atoms with van der Waals surface area (Å²) in [7, 11) is 1.87. The van der Waals surface area contributed by atoms with Crippen molar-refractivity contribution in [3.63, 3.8) is 0 Å². The number of rotatable bonds is 3. The largest absolute Gasteiger partial charge is 0.300 e. The Morgan fingerprint density at radius 2 is 2.29 bits per heavy atom. The second-order valence-corrected chi connectivity index (χ2v) is 4.58. The molecule has 0 bridgehead atoms. The highest BCUT2D eigenvalue weighted by atomic mass is 32.1. The summed E-state index contributed by atoms with van der Waals surface area (Å²) in [5.74, 6) is -0.0963. The Labute approximate surface area is 103 Å². The van der Waals surface area contributed by atoms with Crippen LogP contribution in [0.1, 0.15) is 17.0 Å². The van der Waals surface area contributed by atoms with Gasteiger partial charge in [-0.05, 0) is 13.8 Å². The number of nitrogens with one attached hydrogen (secondary N) is 1. The maximum atomic E-state index is 11.8. The molecule has 1 N–H and O–H groups in total. The quantitative estimate of drug-likeness (QED) is 0.885. The molecule has 2 heterocycles. The minimum absolute atomic E-state index is 0.0963. The molecule has 0 aliphatic heterocycles. The maximum absolute atomic E-state index is 11.8. The first-order valence-corrected chi connectivity index (χ1v) is 6.01. The van der Waals surface area contributed by atoms with Crippen LogP contribution in [0.5, 0.6) is 0 Å². The highest BCUT2D eigenvalue weighted by Gasteiger charge is 2.14. The number of aryl methyl sites for hydroxylation is 2. The van der Waals surface area contributed by atoms with Gasteiger partial charge in [0.25, 0.3) is 0 Å². The number of hydrogen-bond acceptors (Lipinski definition) is 5. The summed E-state index contributed by atoms with van der Waals surface area (Å²) in [6.45, 7) is 3.86. The average Bonchev–Trinajstić information content (AvgIpc) is 2.83. The van der Waals surface area contributed by atoms with Crippen LogP contribution in [0.25, 0.3) is 0 Å². The number of carbonyl (C=O) groups is 1. The van der Waals surface area contributed by atoms with Gasteiger partial charge in [-0.2, -0.15) is 5.10 Å². The van der Waals surface area contributed by atoms with E-state index in [-0.39, 0.29) is 5.91 Å². The molecular formula is C10H13N5OS. The monoisotopic (exact) mass is 251 g/mol. The minimum atomic E-state index is -0.0963. The van der Waals surface area contributed by atoms with Gasteiger partial charge in [0.2, 0.25) is 11.0 Å². The number of anilines is 1. The fourth-order valence-electron chi connectivity index (χ4n) is 1.62. The van der Waals surface area contributed by atoms with E-state index in [1.807, 2.05) is 20.9 Å². The first-order chi connectivity index (χ1) is 8.08. The number of nitrogens with zero attached hydrogens (tertiary/aromatic N) is 4. The van der Waals surface area contributed by atoms with Crippen LogP contribution in [0, 0.1) is 13.8 Å². The molecule has 0 saturated heterocycles. The van der Waals surface area contributed by atoms with Gasteiger partial charge in [0.05, 0.1) is 12.1 Å². The number of hydrogen-bond donors (Lipinski definition) is 1. The second-order valence-electron chi connectivity index (χ2n) is 3.74. The fourth-order valence-corrected chi connectivity index (χ4v) is 2.09. The zero-order chi connectivity index (χ0) is 12.4. The first kappa shape index (κ1) is 11.7. The van der Waals surface area contributed by atoms with Crippen LogP contribution < -0.4 is 5.32 Å². The summed E-state index contributed by atoms with van der Waals surface area (Å²) in [6.07, 6.45) is 0.311. The number of aromatic nitrogens is 4. The van der Waals surface area contributed by atoms with E-state index >= 15 is 0 Å². The minimum Gasteiger partial charge on any atom is -0.300 e. The standard InChI is InChI=1S/C10H13N5OS/c1-6-8(7(2)15(3)14-6)4-9(16)12-10-13-11-5-17-10/h5H,4H2,1-3H3,(H,12,13,16). The molecule has 2 aromatic heterocycles. The molecule has 90 valence electrons. The van der Waals surface area contributed by atoms with Gasteiger partial charge < -0.3 is 5.32 Å². The van der Waals surface area contributed by atoms with Gasteiger partial charge in [0.15, 0.2) is 0 Å². The van der Waals surface area contributed by atoms with E-state index < -0.39 is 0 Å². The topological polar surface area (TPSA) is 72.7 Å². The van der Waals surface area contributed by atoms with Crippen molar-refractivity contribution in [3.8, 4) is 0 Å². The Hall–Kier alpha value is -1.76. The van der Waals surface area contributed by atoms with Crippen LogP contribution in [-0.4, -0.2) is 25.9 Å². The van der Waals surface area contributed by atoms with E-state index in [4.69, 9.17) is 0 Å². The second kappa shape index (κ2) is 4.62. The van der Waals surface area contributed by atoms with Crippen LogP contribution >= 0.6 is 11.3 Å². The van der Waals surface area contributed by atoms with Crippen LogP contribution in [0.4, 0.5) is 5.13 Å². The van der Waals surface area contributed by atoms with E-state index in [1.165, 1.54) is 11.3 Å². The molecule has 0 unspecified atom stereocenters. The first-order valence-electron chi connectivity index (χ1n) is 5.13. The summed E-state index contributed by atoms with van der Waals surface area (Å²) in [6, 6.07) is 0. The lowest BCUT2D eigenvalue weighted by Crippen LogP contribution is -2.15. The molecule has 1 amide bonds.